The first-order valence-electron chi connectivity index (χ1n) is 6.34. The number of carbonyl (C=O) groups excluding carboxylic acids is 1. The first kappa shape index (κ1) is 12.1. The van der Waals surface area contributed by atoms with Crippen LogP contribution >= 0.6 is 0 Å². The second kappa shape index (κ2) is 5.82. The van der Waals surface area contributed by atoms with E-state index in [0.717, 1.165) is 30.6 Å². The molecule has 1 fully saturated rings. The fourth-order valence-corrected chi connectivity index (χ4v) is 2.24. The summed E-state index contributed by atoms with van der Waals surface area (Å²) in [5.41, 5.74) is 1.81. The SMILES string of the molecule is Cc1ccccc1C(=O)NCC1CCCCN1. The molecular weight excluding hydrogens is 212 g/mol. The van der Waals surface area contributed by atoms with Gasteiger partial charge in [0.25, 0.3) is 5.91 Å². The molecule has 1 unspecified atom stereocenters. The number of aryl methyl sites for hydroxylation is 1. The van der Waals surface area contributed by atoms with Crippen LogP contribution in [0.4, 0.5) is 0 Å². The van der Waals surface area contributed by atoms with E-state index < -0.39 is 0 Å². The monoisotopic (exact) mass is 232 g/mol. The normalized spacial score (nSPS) is 19.9. The van der Waals surface area contributed by atoms with Crippen LogP contribution in [-0.2, 0) is 0 Å². The van der Waals surface area contributed by atoms with Crippen LogP contribution in [0.1, 0.15) is 35.2 Å². The molecular formula is C14H20N2O. The summed E-state index contributed by atoms with van der Waals surface area (Å²) in [4.78, 5) is 12.0. The Morgan fingerprint density at radius 3 is 2.94 bits per heavy atom. The Bertz CT molecular complexity index is 384. The zero-order chi connectivity index (χ0) is 12.1. The molecule has 0 radical (unpaired) electrons. The van der Waals surface area contributed by atoms with E-state index in [-0.39, 0.29) is 5.91 Å². The van der Waals surface area contributed by atoms with Crippen LogP contribution in [-0.4, -0.2) is 25.0 Å². The predicted molar refractivity (Wildman–Crippen MR) is 69.2 cm³/mol. The second-order valence-electron chi connectivity index (χ2n) is 4.67. The van der Waals surface area contributed by atoms with Crippen molar-refractivity contribution in [2.24, 2.45) is 0 Å². The summed E-state index contributed by atoms with van der Waals surface area (Å²) in [7, 11) is 0. The zero-order valence-electron chi connectivity index (χ0n) is 10.3. The van der Waals surface area contributed by atoms with Crippen LogP contribution in [0.2, 0.25) is 0 Å². The first-order chi connectivity index (χ1) is 8.27. The number of piperidine rings is 1. The standard InChI is InChI=1S/C14H20N2O/c1-11-6-2-3-8-13(11)14(17)16-10-12-7-4-5-9-15-12/h2-3,6,8,12,15H,4-5,7,9-10H2,1H3,(H,16,17). The third-order valence-corrected chi connectivity index (χ3v) is 3.31. The fourth-order valence-electron chi connectivity index (χ4n) is 2.24. The van der Waals surface area contributed by atoms with Crippen molar-refractivity contribution in [3.63, 3.8) is 0 Å². The molecule has 2 rings (SSSR count). The fraction of sp³-hybridized carbons (Fsp3) is 0.500. The molecule has 0 aromatic heterocycles. The molecule has 1 aliphatic rings. The van der Waals surface area contributed by atoms with Crippen molar-refractivity contribution < 1.29 is 4.79 Å². The molecule has 1 saturated heterocycles. The summed E-state index contributed by atoms with van der Waals surface area (Å²) in [6, 6.07) is 8.14. The van der Waals surface area contributed by atoms with Crippen LogP contribution in [0.25, 0.3) is 0 Å². The summed E-state index contributed by atoms with van der Waals surface area (Å²) >= 11 is 0. The Labute approximate surface area is 103 Å². The third kappa shape index (κ3) is 3.30. The van der Waals surface area contributed by atoms with Gasteiger partial charge in [-0.1, -0.05) is 24.6 Å². The Morgan fingerprint density at radius 1 is 1.41 bits per heavy atom. The number of benzene rings is 1. The van der Waals surface area contributed by atoms with Gasteiger partial charge in [-0.3, -0.25) is 4.79 Å². The highest BCUT2D eigenvalue weighted by Crippen LogP contribution is 2.08. The minimum absolute atomic E-state index is 0.0375. The topological polar surface area (TPSA) is 41.1 Å². The number of nitrogens with one attached hydrogen (secondary N) is 2. The Morgan fingerprint density at radius 2 is 2.24 bits per heavy atom. The largest absolute Gasteiger partial charge is 0.350 e. The molecule has 0 aliphatic carbocycles. The molecule has 3 nitrogen and oxygen atoms in total. The Hall–Kier alpha value is -1.35. The average Bonchev–Trinajstić information content (AvgIpc) is 2.38. The van der Waals surface area contributed by atoms with Crippen LogP contribution < -0.4 is 10.6 Å². The molecule has 1 atom stereocenters. The lowest BCUT2D eigenvalue weighted by Crippen LogP contribution is -2.43. The quantitative estimate of drug-likeness (QED) is 0.835. The molecule has 1 aliphatic heterocycles. The van der Waals surface area contributed by atoms with Crippen LogP contribution in [0.15, 0.2) is 24.3 Å². The van der Waals surface area contributed by atoms with Crippen molar-refractivity contribution in [1.82, 2.24) is 10.6 Å². The number of amides is 1. The van der Waals surface area contributed by atoms with Crippen molar-refractivity contribution in [2.75, 3.05) is 13.1 Å². The molecule has 0 saturated carbocycles. The van der Waals surface area contributed by atoms with Crippen molar-refractivity contribution in [3.05, 3.63) is 35.4 Å². The maximum absolute atomic E-state index is 12.0. The van der Waals surface area contributed by atoms with Crippen LogP contribution in [0.5, 0.6) is 0 Å². The lowest BCUT2D eigenvalue weighted by molar-refractivity contribution is 0.0947. The van der Waals surface area contributed by atoms with E-state index in [2.05, 4.69) is 10.6 Å². The van der Waals surface area contributed by atoms with Gasteiger partial charge < -0.3 is 10.6 Å². The molecule has 1 aromatic rings. The molecule has 2 N–H and O–H groups in total. The highest BCUT2D eigenvalue weighted by Gasteiger charge is 2.14. The maximum atomic E-state index is 12.0. The first-order valence-corrected chi connectivity index (χ1v) is 6.34. The molecule has 1 amide bonds. The third-order valence-electron chi connectivity index (χ3n) is 3.31. The van der Waals surface area contributed by atoms with E-state index in [1.54, 1.807) is 0 Å². The van der Waals surface area contributed by atoms with Gasteiger partial charge in [0.05, 0.1) is 0 Å². The van der Waals surface area contributed by atoms with Gasteiger partial charge in [0, 0.05) is 18.2 Å². The Kier molecular flexibility index (Phi) is 4.15. The van der Waals surface area contributed by atoms with E-state index in [1.165, 1.54) is 12.8 Å². The zero-order valence-corrected chi connectivity index (χ0v) is 10.3. The van der Waals surface area contributed by atoms with Crippen LogP contribution in [0, 0.1) is 6.92 Å². The predicted octanol–water partition coefficient (Wildman–Crippen LogP) is 1.87. The smallest absolute Gasteiger partial charge is 0.251 e. The van der Waals surface area contributed by atoms with Gasteiger partial charge in [-0.15, -0.1) is 0 Å². The molecule has 92 valence electrons. The molecule has 0 bridgehead atoms. The van der Waals surface area contributed by atoms with Crippen molar-refractivity contribution in [1.29, 1.82) is 0 Å². The van der Waals surface area contributed by atoms with Gasteiger partial charge >= 0.3 is 0 Å². The van der Waals surface area contributed by atoms with Gasteiger partial charge in [-0.2, -0.15) is 0 Å². The average molecular weight is 232 g/mol. The van der Waals surface area contributed by atoms with E-state index in [1.807, 2.05) is 31.2 Å². The van der Waals surface area contributed by atoms with E-state index in [4.69, 9.17) is 0 Å². The molecule has 1 heterocycles. The van der Waals surface area contributed by atoms with Gasteiger partial charge in [0.2, 0.25) is 0 Å². The molecule has 3 heteroatoms. The van der Waals surface area contributed by atoms with Gasteiger partial charge in [0.15, 0.2) is 0 Å². The second-order valence-corrected chi connectivity index (χ2v) is 4.67. The number of hydrogen-bond acceptors (Lipinski definition) is 2. The van der Waals surface area contributed by atoms with E-state index in [9.17, 15) is 4.79 Å². The van der Waals surface area contributed by atoms with E-state index in [0.29, 0.717) is 6.04 Å². The summed E-state index contributed by atoms with van der Waals surface area (Å²) < 4.78 is 0. The van der Waals surface area contributed by atoms with Gasteiger partial charge in [-0.25, -0.2) is 0 Å². The molecule has 17 heavy (non-hydrogen) atoms. The molecule has 0 spiro atoms. The van der Waals surface area contributed by atoms with Crippen molar-refractivity contribution >= 4 is 5.91 Å². The van der Waals surface area contributed by atoms with Crippen molar-refractivity contribution in [2.45, 2.75) is 32.2 Å². The molecule has 1 aromatic carbocycles. The van der Waals surface area contributed by atoms with E-state index >= 15 is 0 Å². The summed E-state index contributed by atoms with van der Waals surface area (Å²) in [6.45, 7) is 3.77. The lowest BCUT2D eigenvalue weighted by atomic mass is 10.0. The van der Waals surface area contributed by atoms with Gasteiger partial charge in [-0.05, 0) is 37.9 Å². The summed E-state index contributed by atoms with van der Waals surface area (Å²) in [5.74, 6) is 0.0375. The Balaban J connectivity index is 1.87. The summed E-state index contributed by atoms with van der Waals surface area (Å²) in [6.07, 6.45) is 3.67. The van der Waals surface area contributed by atoms with Crippen LogP contribution in [0.3, 0.4) is 0 Å². The van der Waals surface area contributed by atoms with Gasteiger partial charge in [0.1, 0.15) is 0 Å². The number of carbonyl (C=O) groups is 1. The highest BCUT2D eigenvalue weighted by molar-refractivity contribution is 5.95. The number of rotatable bonds is 3. The lowest BCUT2D eigenvalue weighted by Gasteiger charge is -2.23. The minimum atomic E-state index is 0.0375. The minimum Gasteiger partial charge on any atom is -0.350 e. The van der Waals surface area contributed by atoms with Crippen molar-refractivity contribution in [3.8, 4) is 0 Å². The highest BCUT2D eigenvalue weighted by atomic mass is 16.1. The maximum Gasteiger partial charge on any atom is 0.251 e. The summed E-state index contributed by atoms with van der Waals surface area (Å²) in [5, 5.41) is 6.43. The number of hydrogen-bond donors (Lipinski definition) is 2.